The summed E-state index contributed by atoms with van der Waals surface area (Å²) < 4.78 is 26.5. The third-order valence-electron chi connectivity index (χ3n) is 2.29. The minimum Gasteiger partial charge on any atom is -0.308 e. The number of halogens is 1. The first-order chi connectivity index (χ1) is 9.01. The molecular weight excluding hydrogens is 288 g/mol. The SMILES string of the molecule is NNc1ccc(S(=O)(=O)Nc2ccc(Cl)cc2)cn1. The molecule has 6 nitrogen and oxygen atoms in total. The van der Waals surface area contributed by atoms with E-state index >= 15 is 0 Å². The number of nitrogens with one attached hydrogen (secondary N) is 2. The summed E-state index contributed by atoms with van der Waals surface area (Å²) in [4.78, 5) is 3.89. The average Bonchev–Trinajstić information content (AvgIpc) is 2.41. The van der Waals surface area contributed by atoms with Gasteiger partial charge in [0.1, 0.15) is 10.7 Å². The molecule has 0 saturated carbocycles. The molecule has 0 radical (unpaired) electrons. The smallest absolute Gasteiger partial charge is 0.263 e. The summed E-state index contributed by atoms with van der Waals surface area (Å²) in [5.74, 6) is 5.54. The van der Waals surface area contributed by atoms with E-state index in [2.05, 4.69) is 15.1 Å². The number of sulfonamides is 1. The Bertz CT molecular complexity index is 656. The Labute approximate surface area is 115 Å². The van der Waals surface area contributed by atoms with Crippen LogP contribution in [-0.4, -0.2) is 13.4 Å². The van der Waals surface area contributed by atoms with Crippen LogP contribution in [0, 0.1) is 0 Å². The second-order valence-corrected chi connectivity index (χ2v) is 5.75. The van der Waals surface area contributed by atoms with Gasteiger partial charge in [0.15, 0.2) is 0 Å². The van der Waals surface area contributed by atoms with E-state index in [1.807, 2.05) is 0 Å². The van der Waals surface area contributed by atoms with Crippen molar-refractivity contribution in [3.05, 3.63) is 47.6 Å². The first-order valence-corrected chi connectivity index (χ1v) is 7.08. The van der Waals surface area contributed by atoms with Gasteiger partial charge >= 0.3 is 0 Å². The number of nitrogens with two attached hydrogens (primary N) is 1. The second-order valence-electron chi connectivity index (χ2n) is 3.64. The molecule has 0 atom stereocenters. The van der Waals surface area contributed by atoms with E-state index in [1.165, 1.54) is 18.3 Å². The molecule has 8 heteroatoms. The number of hydrogen-bond acceptors (Lipinski definition) is 5. The van der Waals surface area contributed by atoms with E-state index in [4.69, 9.17) is 17.4 Å². The summed E-state index contributed by atoms with van der Waals surface area (Å²) in [7, 11) is -3.68. The van der Waals surface area contributed by atoms with Gasteiger partial charge < -0.3 is 5.43 Å². The highest BCUT2D eigenvalue weighted by Crippen LogP contribution is 2.18. The first kappa shape index (κ1) is 13.6. The van der Waals surface area contributed by atoms with E-state index < -0.39 is 10.0 Å². The number of rotatable bonds is 4. The molecule has 0 aliphatic carbocycles. The van der Waals surface area contributed by atoms with Crippen LogP contribution in [0.2, 0.25) is 5.02 Å². The lowest BCUT2D eigenvalue weighted by molar-refractivity contribution is 0.601. The Morgan fingerprint density at radius 2 is 1.79 bits per heavy atom. The normalized spacial score (nSPS) is 11.1. The topological polar surface area (TPSA) is 97.1 Å². The third kappa shape index (κ3) is 3.34. The van der Waals surface area contributed by atoms with Crippen molar-refractivity contribution >= 4 is 33.1 Å². The van der Waals surface area contributed by atoms with Gasteiger partial charge in [0.2, 0.25) is 0 Å². The van der Waals surface area contributed by atoms with E-state index in [0.717, 1.165) is 0 Å². The van der Waals surface area contributed by atoms with Crippen molar-refractivity contribution in [2.24, 2.45) is 5.84 Å². The number of nitrogen functional groups attached to an aromatic ring is 1. The zero-order valence-electron chi connectivity index (χ0n) is 9.67. The highest BCUT2D eigenvalue weighted by molar-refractivity contribution is 7.92. The molecule has 0 spiro atoms. The molecule has 0 bridgehead atoms. The molecule has 0 fully saturated rings. The minimum absolute atomic E-state index is 0.0430. The molecule has 0 amide bonds. The summed E-state index contributed by atoms with van der Waals surface area (Å²) in [5, 5.41) is 0.531. The maximum absolute atomic E-state index is 12.1. The fraction of sp³-hybridized carbons (Fsp3) is 0. The van der Waals surface area contributed by atoms with Crippen molar-refractivity contribution < 1.29 is 8.42 Å². The van der Waals surface area contributed by atoms with Crippen molar-refractivity contribution in [3.8, 4) is 0 Å². The molecule has 2 rings (SSSR count). The molecule has 0 saturated heterocycles. The summed E-state index contributed by atoms with van der Waals surface area (Å²) in [6.45, 7) is 0. The molecule has 100 valence electrons. The zero-order valence-corrected chi connectivity index (χ0v) is 11.2. The number of aromatic nitrogens is 1. The fourth-order valence-electron chi connectivity index (χ4n) is 1.36. The highest BCUT2D eigenvalue weighted by Gasteiger charge is 2.14. The van der Waals surface area contributed by atoms with Crippen molar-refractivity contribution in [1.82, 2.24) is 4.98 Å². The van der Waals surface area contributed by atoms with Crippen LogP contribution in [0.25, 0.3) is 0 Å². The quantitative estimate of drug-likeness (QED) is 0.591. The first-order valence-electron chi connectivity index (χ1n) is 5.22. The third-order valence-corrected chi connectivity index (χ3v) is 3.91. The van der Waals surface area contributed by atoms with Gasteiger partial charge in [-0.15, -0.1) is 0 Å². The van der Waals surface area contributed by atoms with Crippen molar-refractivity contribution in [1.29, 1.82) is 0 Å². The molecule has 0 unspecified atom stereocenters. The van der Waals surface area contributed by atoms with Crippen LogP contribution in [-0.2, 0) is 10.0 Å². The summed E-state index contributed by atoms with van der Waals surface area (Å²) in [6, 6.07) is 9.21. The van der Waals surface area contributed by atoms with Crippen LogP contribution in [0.3, 0.4) is 0 Å². The van der Waals surface area contributed by atoms with E-state index in [-0.39, 0.29) is 4.90 Å². The largest absolute Gasteiger partial charge is 0.308 e. The van der Waals surface area contributed by atoms with Gasteiger partial charge in [-0.3, -0.25) is 4.72 Å². The summed E-state index contributed by atoms with van der Waals surface area (Å²) >= 11 is 5.73. The van der Waals surface area contributed by atoms with Gasteiger partial charge in [-0.25, -0.2) is 19.2 Å². The van der Waals surface area contributed by atoms with Crippen molar-refractivity contribution in [2.45, 2.75) is 4.90 Å². The van der Waals surface area contributed by atoms with Crippen molar-refractivity contribution in [3.63, 3.8) is 0 Å². The molecule has 1 aromatic heterocycles. The Balaban J connectivity index is 2.24. The second kappa shape index (κ2) is 5.43. The molecule has 4 N–H and O–H groups in total. The highest BCUT2D eigenvalue weighted by atomic mass is 35.5. The van der Waals surface area contributed by atoms with Crippen LogP contribution in [0.15, 0.2) is 47.5 Å². The lowest BCUT2D eigenvalue weighted by Gasteiger charge is -2.08. The number of hydrazine groups is 1. The molecule has 0 aliphatic heterocycles. The van der Waals surface area contributed by atoms with Crippen LogP contribution in [0.5, 0.6) is 0 Å². The lowest BCUT2D eigenvalue weighted by Crippen LogP contribution is -2.14. The molecular formula is C11H11ClN4O2S. The van der Waals surface area contributed by atoms with Gasteiger partial charge in [-0.05, 0) is 36.4 Å². The number of nitrogens with zero attached hydrogens (tertiary/aromatic N) is 1. The zero-order chi connectivity index (χ0) is 13.9. The molecule has 1 aromatic carbocycles. The number of pyridine rings is 1. The minimum atomic E-state index is -3.68. The molecule has 2 aromatic rings. The maximum Gasteiger partial charge on any atom is 0.263 e. The van der Waals surface area contributed by atoms with Gasteiger partial charge in [-0.2, -0.15) is 0 Å². The maximum atomic E-state index is 12.1. The van der Waals surface area contributed by atoms with Crippen LogP contribution in [0.1, 0.15) is 0 Å². The Kier molecular flexibility index (Phi) is 3.89. The lowest BCUT2D eigenvalue weighted by atomic mass is 10.3. The van der Waals surface area contributed by atoms with Gasteiger partial charge in [0.25, 0.3) is 10.0 Å². The predicted octanol–water partition coefficient (Wildman–Crippen LogP) is 1.82. The summed E-state index contributed by atoms with van der Waals surface area (Å²) in [5.41, 5.74) is 2.74. The van der Waals surface area contributed by atoms with Crippen LogP contribution < -0.4 is 16.0 Å². The molecule has 1 heterocycles. The van der Waals surface area contributed by atoms with E-state index in [0.29, 0.717) is 16.5 Å². The number of hydrogen-bond donors (Lipinski definition) is 3. The number of anilines is 2. The Hall–Kier alpha value is -1.83. The number of benzene rings is 1. The van der Waals surface area contributed by atoms with Gasteiger partial charge in [0.05, 0.1) is 0 Å². The van der Waals surface area contributed by atoms with Crippen molar-refractivity contribution in [2.75, 3.05) is 10.1 Å². The van der Waals surface area contributed by atoms with Crippen LogP contribution >= 0.6 is 11.6 Å². The molecule has 19 heavy (non-hydrogen) atoms. The molecule has 0 aliphatic rings. The van der Waals surface area contributed by atoms with Gasteiger partial charge in [-0.1, -0.05) is 11.6 Å². The predicted molar refractivity (Wildman–Crippen MR) is 74.3 cm³/mol. The van der Waals surface area contributed by atoms with E-state index in [9.17, 15) is 8.42 Å². The van der Waals surface area contributed by atoms with Crippen LogP contribution in [0.4, 0.5) is 11.5 Å². The monoisotopic (exact) mass is 298 g/mol. The average molecular weight is 299 g/mol. The Morgan fingerprint density at radius 3 is 2.32 bits per heavy atom. The summed E-state index contributed by atoms with van der Waals surface area (Å²) in [6.07, 6.45) is 1.22. The Morgan fingerprint density at radius 1 is 1.11 bits per heavy atom. The van der Waals surface area contributed by atoms with E-state index in [1.54, 1.807) is 24.3 Å². The van der Waals surface area contributed by atoms with Gasteiger partial charge in [0, 0.05) is 16.9 Å². The standard InChI is InChI=1S/C11H11ClN4O2S/c12-8-1-3-9(4-2-8)16-19(17,18)10-5-6-11(15-13)14-7-10/h1-7,16H,13H2,(H,14,15). The fourth-order valence-corrected chi connectivity index (χ4v) is 2.49.